The normalized spacial score (nSPS) is 18.0. The number of phosphoric acid groups is 1. The van der Waals surface area contributed by atoms with Crippen molar-refractivity contribution in [2.24, 2.45) is 5.73 Å². The van der Waals surface area contributed by atoms with Crippen LogP contribution in [0.5, 0.6) is 0 Å². The molecule has 5 atom stereocenters. The lowest BCUT2D eigenvalue weighted by Gasteiger charge is -2.20. The van der Waals surface area contributed by atoms with E-state index >= 15 is 0 Å². The second-order valence-electron chi connectivity index (χ2n) is 13.8. The molecule has 1 saturated heterocycles. The number of carboxylic acids is 1. The molecule has 13 heteroatoms. The lowest BCUT2D eigenvalue weighted by atomic mass is 10.1. The van der Waals surface area contributed by atoms with Gasteiger partial charge >= 0.3 is 25.7 Å². The maximum Gasteiger partial charge on any atom is 0.472 e. The van der Waals surface area contributed by atoms with Crippen molar-refractivity contribution in [2.75, 3.05) is 19.8 Å². The summed E-state index contributed by atoms with van der Waals surface area (Å²) in [5.74, 6) is -2.46. The predicted molar refractivity (Wildman–Crippen MR) is 207 cm³/mol. The maximum atomic E-state index is 12.5. The summed E-state index contributed by atoms with van der Waals surface area (Å²) in [7, 11) is -4.72. The van der Waals surface area contributed by atoms with Gasteiger partial charge in [-0.15, -0.1) is 0 Å². The molecule has 0 amide bonds. The average Bonchev–Trinajstić information content (AvgIpc) is 3.88. The largest absolute Gasteiger partial charge is 0.480 e. The first kappa shape index (κ1) is 48.7. The van der Waals surface area contributed by atoms with Crippen LogP contribution in [0.3, 0.4) is 0 Å². The summed E-state index contributed by atoms with van der Waals surface area (Å²) < 4.78 is 38.2. The third kappa shape index (κ3) is 29.7. The second-order valence-corrected chi connectivity index (χ2v) is 15.3. The molecule has 0 aromatic carbocycles. The fraction of sp³-hybridized carbons (Fsp3) is 0.775. The Morgan fingerprint density at radius 3 is 1.89 bits per heavy atom. The minimum atomic E-state index is -4.72. The van der Waals surface area contributed by atoms with Crippen LogP contribution in [0, 0.1) is 0 Å². The number of nitrogens with two attached hydrogens (primary N) is 1. The third-order valence-corrected chi connectivity index (χ3v) is 9.77. The molecule has 0 saturated carbocycles. The topological polar surface area (TPSA) is 184 Å². The number of hydrogen-bond acceptors (Lipinski definition) is 10. The fourth-order valence-corrected chi connectivity index (χ4v) is 6.28. The number of carboxylic acid groups (broad SMARTS) is 1. The Morgan fingerprint density at radius 1 is 0.698 bits per heavy atom. The van der Waals surface area contributed by atoms with Crippen LogP contribution >= 0.6 is 7.82 Å². The van der Waals surface area contributed by atoms with Gasteiger partial charge in [-0.3, -0.25) is 23.4 Å². The zero-order valence-corrected chi connectivity index (χ0v) is 33.4. The van der Waals surface area contributed by atoms with E-state index in [1.165, 1.54) is 70.6 Å². The lowest BCUT2D eigenvalue weighted by molar-refractivity contribution is -0.161. The van der Waals surface area contributed by atoms with E-state index < -0.39 is 51.1 Å². The summed E-state index contributed by atoms with van der Waals surface area (Å²) in [6, 6.07) is -1.53. The van der Waals surface area contributed by atoms with Gasteiger partial charge in [0.2, 0.25) is 0 Å². The van der Waals surface area contributed by atoms with Crippen LogP contribution in [-0.4, -0.2) is 72.1 Å². The molecule has 1 aliphatic heterocycles. The number of aliphatic carboxylic acids is 1. The highest BCUT2D eigenvalue weighted by Gasteiger charge is 2.36. The molecule has 1 aliphatic rings. The predicted octanol–water partition coefficient (Wildman–Crippen LogP) is 9.04. The summed E-state index contributed by atoms with van der Waals surface area (Å²) >= 11 is 0. The van der Waals surface area contributed by atoms with Crippen molar-refractivity contribution in [3.05, 3.63) is 36.5 Å². The highest BCUT2D eigenvalue weighted by molar-refractivity contribution is 7.47. The Hall–Kier alpha value is -2.34. The number of rotatable bonds is 36. The molecule has 53 heavy (non-hydrogen) atoms. The van der Waals surface area contributed by atoms with E-state index in [-0.39, 0.29) is 19.4 Å². The standard InChI is InChI=1S/C40H70NO11P/c1-3-5-7-8-9-10-11-16-19-22-26-30-39(43)51-34(32-49-53(46,47)50-33-35(41)40(44)45)31-48-38(42)29-25-21-18-15-13-12-14-17-20-24-28-37-36(52-37)27-23-6-4-2/h12,14-15,18,20,24,34-37H,3-11,13,16-17,19,21-23,25-33,41H2,1-2H3,(H,44,45)(H,46,47)/b14-12-,18-15-,24-20-/t34-,35+,36?,37?/m1/s1. The fourth-order valence-electron chi connectivity index (χ4n) is 5.50. The van der Waals surface area contributed by atoms with E-state index in [4.69, 9.17) is 29.6 Å². The lowest BCUT2D eigenvalue weighted by Crippen LogP contribution is -2.34. The molecule has 4 N–H and O–H groups in total. The van der Waals surface area contributed by atoms with Gasteiger partial charge in [-0.1, -0.05) is 134 Å². The Bertz CT molecular complexity index is 1110. The molecule has 0 radical (unpaired) electrons. The highest BCUT2D eigenvalue weighted by atomic mass is 31.2. The molecule has 3 unspecified atom stereocenters. The number of hydrogen-bond donors (Lipinski definition) is 3. The number of ether oxygens (including phenoxy) is 3. The number of carbonyl (C=O) groups excluding carboxylic acids is 2. The SMILES string of the molecule is CCCCCCCCCCCCCC(=O)O[C@H](COC(=O)CCC/C=C\C/C=C\C/C=C\CC1OC1CCCCC)COP(=O)(O)OC[C@H](N)C(=O)O. The van der Waals surface area contributed by atoms with Crippen LogP contribution in [0.15, 0.2) is 36.5 Å². The van der Waals surface area contributed by atoms with E-state index in [1.807, 2.05) is 12.2 Å². The number of allylic oxidation sites excluding steroid dienone is 5. The molecule has 0 spiro atoms. The van der Waals surface area contributed by atoms with Crippen LogP contribution in [0.25, 0.3) is 0 Å². The first-order chi connectivity index (χ1) is 25.6. The Morgan fingerprint density at radius 2 is 1.25 bits per heavy atom. The maximum absolute atomic E-state index is 12.5. The monoisotopic (exact) mass is 771 g/mol. The highest BCUT2D eigenvalue weighted by Crippen LogP contribution is 2.43. The molecule has 0 bridgehead atoms. The Kier molecular flexibility index (Phi) is 29.4. The van der Waals surface area contributed by atoms with Crippen LogP contribution in [-0.2, 0) is 42.2 Å². The molecule has 0 aromatic heterocycles. The van der Waals surface area contributed by atoms with Gasteiger partial charge < -0.3 is 29.9 Å². The van der Waals surface area contributed by atoms with E-state index in [0.29, 0.717) is 31.5 Å². The van der Waals surface area contributed by atoms with Crippen molar-refractivity contribution in [2.45, 2.75) is 179 Å². The molecule has 1 rings (SSSR count). The summed E-state index contributed by atoms with van der Waals surface area (Å²) in [4.78, 5) is 45.8. The van der Waals surface area contributed by atoms with Crippen molar-refractivity contribution >= 4 is 25.7 Å². The first-order valence-corrected chi connectivity index (χ1v) is 21.6. The Balaban J connectivity index is 2.33. The van der Waals surface area contributed by atoms with Crippen molar-refractivity contribution in [3.63, 3.8) is 0 Å². The summed E-state index contributed by atoms with van der Waals surface area (Å²) in [6.45, 7) is 2.68. The zero-order valence-electron chi connectivity index (χ0n) is 32.5. The van der Waals surface area contributed by atoms with Crippen molar-refractivity contribution in [1.82, 2.24) is 0 Å². The number of epoxide rings is 1. The molecule has 0 aliphatic carbocycles. The van der Waals surface area contributed by atoms with Gasteiger partial charge in [0.1, 0.15) is 12.6 Å². The smallest absolute Gasteiger partial charge is 0.472 e. The van der Waals surface area contributed by atoms with Gasteiger partial charge in [0, 0.05) is 12.8 Å². The number of unbranched alkanes of at least 4 members (excludes halogenated alkanes) is 13. The van der Waals surface area contributed by atoms with E-state index in [1.54, 1.807) is 0 Å². The van der Waals surface area contributed by atoms with E-state index in [9.17, 15) is 23.8 Å². The second kappa shape index (κ2) is 32.0. The molecule has 1 heterocycles. The van der Waals surface area contributed by atoms with Crippen molar-refractivity contribution < 1.29 is 52.2 Å². The molecule has 1 fully saturated rings. The van der Waals surface area contributed by atoms with E-state index in [0.717, 1.165) is 38.5 Å². The van der Waals surface area contributed by atoms with Crippen LogP contribution in [0.2, 0.25) is 0 Å². The van der Waals surface area contributed by atoms with E-state index in [2.05, 4.69) is 42.7 Å². The van der Waals surface area contributed by atoms with Crippen LogP contribution < -0.4 is 5.73 Å². The third-order valence-electron chi connectivity index (χ3n) is 8.82. The zero-order chi connectivity index (χ0) is 39.0. The molecular weight excluding hydrogens is 701 g/mol. The summed E-state index contributed by atoms with van der Waals surface area (Å²) in [5, 5.41) is 8.86. The minimum Gasteiger partial charge on any atom is -0.480 e. The van der Waals surface area contributed by atoms with Crippen LogP contribution in [0.4, 0.5) is 0 Å². The van der Waals surface area contributed by atoms with Gasteiger partial charge in [0.05, 0.1) is 25.4 Å². The number of esters is 2. The number of phosphoric ester groups is 1. The van der Waals surface area contributed by atoms with Gasteiger partial charge in [-0.25, -0.2) is 4.57 Å². The summed E-state index contributed by atoms with van der Waals surface area (Å²) in [6.07, 6.45) is 34.0. The molecular formula is C40H70NO11P. The summed E-state index contributed by atoms with van der Waals surface area (Å²) in [5.41, 5.74) is 5.31. The molecule has 306 valence electrons. The van der Waals surface area contributed by atoms with Gasteiger partial charge in [-0.2, -0.15) is 0 Å². The molecule has 12 nitrogen and oxygen atoms in total. The van der Waals surface area contributed by atoms with Gasteiger partial charge in [0.25, 0.3) is 0 Å². The van der Waals surface area contributed by atoms with Crippen LogP contribution in [0.1, 0.15) is 155 Å². The van der Waals surface area contributed by atoms with Crippen molar-refractivity contribution in [1.29, 1.82) is 0 Å². The van der Waals surface area contributed by atoms with Crippen molar-refractivity contribution in [3.8, 4) is 0 Å². The average molecular weight is 772 g/mol. The quantitative estimate of drug-likeness (QED) is 0.0181. The minimum absolute atomic E-state index is 0.143. The first-order valence-electron chi connectivity index (χ1n) is 20.1. The van der Waals surface area contributed by atoms with Gasteiger partial charge in [-0.05, 0) is 44.9 Å². The molecule has 0 aromatic rings. The van der Waals surface area contributed by atoms with Gasteiger partial charge in [0.15, 0.2) is 6.10 Å². The number of carbonyl (C=O) groups is 3. The Labute approximate surface area is 318 Å².